The van der Waals surface area contributed by atoms with Gasteiger partial charge in [-0.15, -0.1) is 0 Å². The van der Waals surface area contributed by atoms with Crippen LogP contribution in [0.2, 0.25) is 0 Å². The summed E-state index contributed by atoms with van der Waals surface area (Å²) in [6.07, 6.45) is 15.3. The van der Waals surface area contributed by atoms with E-state index in [0.717, 1.165) is 49.0 Å². The lowest BCUT2D eigenvalue weighted by Crippen LogP contribution is -2.51. The Morgan fingerprint density at radius 3 is 1.96 bits per heavy atom. The molecule has 3 heterocycles. The number of nitrogens with two attached hydrogens (primary N) is 1. The molecule has 0 spiro atoms. The Morgan fingerprint density at radius 1 is 0.792 bits per heavy atom. The van der Waals surface area contributed by atoms with Gasteiger partial charge in [-0.25, -0.2) is 13.9 Å². The van der Waals surface area contributed by atoms with Crippen molar-refractivity contribution in [2.24, 2.45) is 17.8 Å². The van der Waals surface area contributed by atoms with E-state index in [1.54, 1.807) is 0 Å². The summed E-state index contributed by atoms with van der Waals surface area (Å²) in [6, 6.07) is 1.23. The third kappa shape index (κ3) is 28.9. The molecule has 11 atom stereocenters. The number of unbranched alkanes of at least 4 members (excludes halogenated alkanes) is 17. The zero-order valence-corrected chi connectivity index (χ0v) is 47.9. The van der Waals surface area contributed by atoms with Crippen LogP contribution in [0.3, 0.4) is 0 Å². The van der Waals surface area contributed by atoms with Crippen LogP contribution in [0.4, 0.5) is 5.82 Å². The summed E-state index contributed by atoms with van der Waals surface area (Å²) in [7, 11) is -11.3. The minimum atomic E-state index is -5.72. The zero-order chi connectivity index (χ0) is 56.6. The average molecular weight is 1140 g/mol. The van der Waals surface area contributed by atoms with Crippen molar-refractivity contribution >= 4 is 39.2 Å². The molecule has 23 heteroatoms. The minimum absolute atomic E-state index is 0.000761. The van der Waals surface area contributed by atoms with E-state index in [-0.39, 0.29) is 25.1 Å². The first-order valence-corrected chi connectivity index (χ1v) is 31.7. The second-order valence-electron chi connectivity index (χ2n) is 21.4. The standard InChI is InChI=1S/C54H95N3O18P2/c1-4-5-22-28-41(58)32-33-43-45(59)36-46(60)44-29-24-20-21-25-30-49(61)70-37-42(73-50(62)31-26-19-17-15-13-11-9-7-6-8-10-12-14-16-18-23-27-40(2)3)38-71-76(66,67)75-77(68,69)72-39-47(52(64)51(43)63)74-53(44)57-35-34-48(55)56-54(57)65/h32-35,40-45,47,51-53,58-59,63-64H,4-31,36-39H2,1-3H3,(H,66,67)(H,68,69)(H2,55,56,65)/b33-32+/t41-,42+,43-,44-,45+,47+,51-,52+,53+/m0/s1. The van der Waals surface area contributed by atoms with E-state index in [2.05, 4.69) is 23.1 Å². The summed E-state index contributed by atoms with van der Waals surface area (Å²) in [6.45, 7) is 3.84. The molecule has 1 aromatic heterocycles. The molecule has 2 aliphatic heterocycles. The SMILES string of the molecule is CCCCC[C@H](O)/C=C/[C@@H]1[C@H](O)[C@H](O)[C@H]2COP(=O)(O)OP(=O)(O)OC[C@H](OC(=O)CCCCCCCCCCCCCCCCCCC(C)C)COC(=O)CCCCCC[C@@H](C(=O)C[C@H]1O)[C@H](n1ccc(N)nc1=O)O2. The van der Waals surface area contributed by atoms with E-state index in [1.165, 1.54) is 101 Å². The predicted molar refractivity (Wildman–Crippen MR) is 290 cm³/mol. The molecule has 2 unspecified atom stereocenters. The molecule has 8 N–H and O–H groups in total. The van der Waals surface area contributed by atoms with Gasteiger partial charge in [0, 0.05) is 31.4 Å². The number of cyclic esters (lactones) is 1. The van der Waals surface area contributed by atoms with Crippen LogP contribution >= 0.6 is 15.6 Å². The second-order valence-corrected chi connectivity index (χ2v) is 24.4. The number of carbonyl (C=O) groups is 3. The molecule has 1 aromatic rings. The van der Waals surface area contributed by atoms with Gasteiger partial charge in [0.2, 0.25) is 0 Å². The summed E-state index contributed by atoms with van der Waals surface area (Å²) in [5, 5.41) is 45.6. The molecule has 21 nitrogen and oxygen atoms in total. The first kappa shape index (κ1) is 68.4. The van der Waals surface area contributed by atoms with Crippen LogP contribution in [-0.4, -0.2) is 114 Å². The largest absolute Gasteiger partial charge is 0.481 e. The zero-order valence-electron chi connectivity index (χ0n) is 46.2. The number of Topliss-reactive ketones (excluding diaryl/α,β-unsaturated/α-hetero) is 1. The summed E-state index contributed by atoms with van der Waals surface area (Å²) in [4.78, 5) is 78.7. The van der Waals surface area contributed by atoms with E-state index < -0.39 is 120 Å². The smallest absolute Gasteiger partial charge is 0.462 e. The Bertz CT molecular complexity index is 2030. The monoisotopic (exact) mass is 1140 g/mol. The van der Waals surface area contributed by atoms with Crippen LogP contribution in [0.1, 0.15) is 213 Å². The fourth-order valence-corrected chi connectivity index (χ4v) is 11.7. The highest BCUT2D eigenvalue weighted by atomic mass is 31.3. The third-order valence-corrected chi connectivity index (χ3v) is 16.8. The van der Waals surface area contributed by atoms with Crippen molar-refractivity contribution in [1.82, 2.24) is 9.55 Å². The number of nitrogen functional groups attached to an aromatic ring is 1. The van der Waals surface area contributed by atoms with Crippen molar-refractivity contribution in [2.45, 2.75) is 250 Å². The number of esters is 2. The van der Waals surface area contributed by atoms with Crippen molar-refractivity contribution in [3.8, 4) is 0 Å². The maximum atomic E-state index is 14.3. The Balaban J connectivity index is 1.69. The average Bonchev–Trinajstić information content (AvgIpc) is 3.36. The molecule has 3 rings (SSSR count). The van der Waals surface area contributed by atoms with Gasteiger partial charge in [0.1, 0.15) is 36.6 Å². The van der Waals surface area contributed by atoms with Crippen LogP contribution in [0.15, 0.2) is 29.2 Å². The van der Waals surface area contributed by atoms with Gasteiger partial charge in [-0.05, 0) is 37.7 Å². The fourth-order valence-electron chi connectivity index (χ4n) is 9.63. The number of anilines is 1. The molecule has 2 bridgehead atoms. The van der Waals surface area contributed by atoms with Crippen LogP contribution in [0.25, 0.3) is 0 Å². The van der Waals surface area contributed by atoms with E-state index in [0.29, 0.717) is 44.9 Å². The van der Waals surface area contributed by atoms with Gasteiger partial charge in [0.15, 0.2) is 6.10 Å². The van der Waals surface area contributed by atoms with Crippen LogP contribution < -0.4 is 11.4 Å². The van der Waals surface area contributed by atoms with Crippen molar-refractivity contribution in [3.05, 3.63) is 34.9 Å². The van der Waals surface area contributed by atoms with Gasteiger partial charge in [0.05, 0.1) is 37.4 Å². The molecule has 2 fully saturated rings. The number of hydrogen-bond donors (Lipinski definition) is 7. The number of phosphoric acid groups is 2. The lowest BCUT2D eigenvalue weighted by Gasteiger charge is -2.38. The van der Waals surface area contributed by atoms with E-state index in [1.807, 2.05) is 6.92 Å². The molecular formula is C54H95N3O18P2. The lowest BCUT2D eigenvalue weighted by molar-refractivity contribution is -0.184. The van der Waals surface area contributed by atoms with E-state index in [4.69, 9.17) is 29.0 Å². The number of rotatable bonds is 27. The number of carbonyl (C=O) groups excluding carboxylic acids is 3. The number of aliphatic hydroxyl groups is 4. The quantitative estimate of drug-likeness (QED) is 0.0187. The van der Waals surface area contributed by atoms with Gasteiger partial charge < -0.3 is 50.2 Å². The molecule has 444 valence electrons. The van der Waals surface area contributed by atoms with Crippen LogP contribution in [-0.2, 0) is 51.1 Å². The van der Waals surface area contributed by atoms with Gasteiger partial charge in [0.25, 0.3) is 0 Å². The number of nitrogens with zero attached hydrogens (tertiary/aromatic N) is 2. The second kappa shape index (κ2) is 37.9. The van der Waals surface area contributed by atoms with Crippen molar-refractivity contribution in [2.75, 3.05) is 25.6 Å². The number of hydrogen-bond acceptors (Lipinski definition) is 18. The maximum absolute atomic E-state index is 14.3. The third-order valence-electron chi connectivity index (χ3n) is 14.2. The summed E-state index contributed by atoms with van der Waals surface area (Å²) in [5.41, 5.74) is 4.77. The Morgan fingerprint density at radius 2 is 1.36 bits per heavy atom. The number of fused-ring (bicyclic) bond motifs is 3. The summed E-state index contributed by atoms with van der Waals surface area (Å²) >= 11 is 0. The molecule has 0 radical (unpaired) electrons. The van der Waals surface area contributed by atoms with Crippen LogP contribution in [0, 0.1) is 17.8 Å². The highest BCUT2D eigenvalue weighted by molar-refractivity contribution is 7.61. The Labute approximate surface area is 456 Å². The molecule has 2 aliphatic rings. The molecular weight excluding hydrogens is 1040 g/mol. The van der Waals surface area contributed by atoms with Gasteiger partial charge >= 0.3 is 33.3 Å². The van der Waals surface area contributed by atoms with Gasteiger partial charge in [-0.1, -0.05) is 174 Å². The highest BCUT2D eigenvalue weighted by Crippen LogP contribution is 2.60. The summed E-state index contributed by atoms with van der Waals surface area (Å²) < 4.78 is 59.2. The van der Waals surface area contributed by atoms with Crippen molar-refractivity contribution in [3.63, 3.8) is 0 Å². The molecule has 77 heavy (non-hydrogen) atoms. The molecule has 0 amide bonds. The number of aromatic nitrogens is 2. The van der Waals surface area contributed by atoms with Crippen LogP contribution in [0.5, 0.6) is 0 Å². The molecule has 0 aliphatic carbocycles. The number of ketones is 1. The lowest BCUT2D eigenvalue weighted by atomic mass is 9.83. The molecule has 0 aromatic carbocycles. The molecule has 2 saturated heterocycles. The first-order valence-electron chi connectivity index (χ1n) is 28.7. The van der Waals surface area contributed by atoms with Crippen molar-refractivity contribution < 1.29 is 81.3 Å². The minimum Gasteiger partial charge on any atom is -0.462 e. The fraction of sp³-hybridized carbons (Fsp3) is 0.833. The van der Waals surface area contributed by atoms with Gasteiger partial charge in [-0.2, -0.15) is 9.29 Å². The topological polar surface area (TPSA) is 323 Å². The van der Waals surface area contributed by atoms with E-state index >= 15 is 0 Å². The maximum Gasteiger partial charge on any atom is 0.481 e. The molecule has 0 saturated carbocycles. The summed E-state index contributed by atoms with van der Waals surface area (Å²) in [5.74, 6) is -4.13. The normalized spacial score (nSPS) is 28.5. The van der Waals surface area contributed by atoms with E-state index in [9.17, 15) is 58.5 Å². The predicted octanol–water partition coefficient (Wildman–Crippen LogP) is 9.23. The van der Waals surface area contributed by atoms with Crippen molar-refractivity contribution in [1.29, 1.82) is 0 Å². The number of phosphoric ester groups is 2. The number of aliphatic hydroxyl groups excluding tert-OH is 4. The number of ether oxygens (including phenoxy) is 3. The first-order chi connectivity index (χ1) is 36.7. The Kier molecular flexibility index (Phi) is 33.7. The van der Waals surface area contributed by atoms with Gasteiger partial charge in [-0.3, -0.25) is 28.0 Å². The Hall–Kier alpha value is -2.91. The highest BCUT2D eigenvalue weighted by Gasteiger charge is 2.45.